The number of carbonyl (C=O) groups excluding carboxylic acids is 2. The molecular weight excluding hydrogens is 284 g/mol. The van der Waals surface area contributed by atoms with Crippen LogP contribution < -0.4 is 10.6 Å². The summed E-state index contributed by atoms with van der Waals surface area (Å²) in [5.74, 6) is 0.245. The Balaban J connectivity index is 1.72. The highest BCUT2D eigenvalue weighted by Gasteiger charge is 2.24. The second kappa shape index (κ2) is 7.59. The summed E-state index contributed by atoms with van der Waals surface area (Å²) in [6.45, 7) is 3.87. The zero-order valence-electron chi connectivity index (χ0n) is 12.7. The summed E-state index contributed by atoms with van der Waals surface area (Å²) in [4.78, 5) is 25.2. The fourth-order valence-corrected chi connectivity index (χ4v) is 3.52. The van der Waals surface area contributed by atoms with E-state index in [9.17, 15) is 9.59 Å². The highest BCUT2D eigenvalue weighted by Crippen LogP contribution is 2.24. The fourth-order valence-electron chi connectivity index (χ4n) is 2.79. The lowest BCUT2D eigenvalue weighted by molar-refractivity contribution is -0.126. The van der Waals surface area contributed by atoms with Gasteiger partial charge in [0.2, 0.25) is 11.8 Å². The van der Waals surface area contributed by atoms with Gasteiger partial charge in [0.25, 0.3) is 0 Å². The van der Waals surface area contributed by atoms with Gasteiger partial charge in [-0.2, -0.15) is 0 Å². The van der Waals surface area contributed by atoms with E-state index in [1.165, 1.54) is 0 Å². The average molecular weight is 308 g/mol. The molecule has 1 heterocycles. The first-order valence-electron chi connectivity index (χ1n) is 7.69. The number of thiophene rings is 1. The van der Waals surface area contributed by atoms with Crippen LogP contribution in [0.2, 0.25) is 0 Å². The van der Waals surface area contributed by atoms with Gasteiger partial charge < -0.3 is 10.6 Å². The van der Waals surface area contributed by atoms with E-state index in [-0.39, 0.29) is 29.8 Å². The van der Waals surface area contributed by atoms with Gasteiger partial charge in [-0.25, -0.2) is 0 Å². The molecule has 0 bridgehead atoms. The lowest BCUT2D eigenvalue weighted by atomic mass is 10.1. The maximum atomic E-state index is 12.0. The SMILES string of the molecule is C[C@@H](CC(=O)N[C@H](C)c1cccs1)NC(=O)C1CCCC1. The van der Waals surface area contributed by atoms with Gasteiger partial charge in [0, 0.05) is 23.3 Å². The topological polar surface area (TPSA) is 58.2 Å². The van der Waals surface area contributed by atoms with Crippen LogP contribution in [-0.2, 0) is 9.59 Å². The van der Waals surface area contributed by atoms with Crippen molar-refractivity contribution in [2.24, 2.45) is 5.92 Å². The third-order valence-corrected chi connectivity index (χ3v) is 5.01. The molecule has 21 heavy (non-hydrogen) atoms. The van der Waals surface area contributed by atoms with E-state index in [1.54, 1.807) is 11.3 Å². The second-order valence-corrected chi connectivity index (χ2v) is 6.88. The lowest BCUT2D eigenvalue weighted by Gasteiger charge is -2.18. The Hall–Kier alpha value is -1.36. The number of carbonyl (C=O) groups is 2. The number of hydrogen-bond donors (Lipinski definition) is 2. The molecule has 0 unspecified atom stereocenters. The summed E-state index contributed by atoms with van der Waals surface area (Å²) >= 11 is 1.63. The standard InChI is InChI=1S/C16H24N2O2S/c1-11(17-16(20)13-6-3-4-7-13)10-15(19)18-12(2)14-8-5-9-21-14/h5,8-9,11-13H,3-4,6-7,10H2,1-2H3,(H,17,20)(H,18,19)/t11-,12+/m0/s1. The molecule has 4 nitrogen and oxygen atoms in total. The fraction of sp³-hybridized carbons (Fsp3) is 0.625. The van der Waals surface area contributed by atoms with Crippen molar-refractivity contribution in [3.63, 3.8) is 0 Å². The first kappa shape index (κ1) is 16.0. The normalized spacial score (nSPS) is 18.2. The van der Waals surface area contributed by atoms with Crippen molar-refractivity contribution < 1.29 is 9.59 Å². The highest BCUT2D eigenvalue weighted by atomic mass is 32.1. The summed E-state index contributed by atoms with van der Waals surface area (Å²) in [7, 11) is 0. The van der Waals surface area contributed by atoms with Crippen molar-refractivity contribution >= 4 is 23.2 Å². The van der Waals surface area contributed by atoms with Crippen LogP contribution in [0.25, 0.3) is 0 Å². The molecule has 0 aliphatic heterocycles. The van der Waals surface area contributed by atoms with Crippen molar-refractivity contribution in [2.75, 3.05) is 0 Å². The minimum Gasteiger partial charge on any atom is -0.353 e. The predicted molar refractivity (Wildman–Crippen MR) is 85.1 cm³/mol. The van der Waals surface area contributed by atoms with Gasteiger partial charge in [0.1, 0.15) is 0 Å². The Morgan fingerprint density at radius 3 is 2.62 bits per heavy atom. The molecule has 116 valence electrons. The molecule has 0 spiro atoms. The number of nitrogens with one attached hydrogen (secondary N) is 2. The first-order valence-corrected chi connectivity index (χ1v) is 8.57. The number of amides is 2. The van der Waals surface area contributed by atoms with Crippen molar-refractivity contribution in [1.82, 2.24) is 10.6 Å². The Kier molecular flexibility index (Phi) is 5.79. The third-order valence-electron chi connectivity index (χ3n) is 3.95. The van der Waals surface area contributed by atoms with E-state index in [1.807, 2.05) is 31.4 Å². The molecule has 5 heteroatoms. The van der Waals surface area contributed by atoms with Gasteiger partial charge in [-0.1, -0.05) is 18.9 Å². The molecule has 0 saturated heterocycles. The molecule has 1 saturated carbocycles. The molecule has 2 rings (SSSR count). The van der Waals surface area contributed by atoms with Crippen LogP contribution in [0.5, 0.6) is 0 Å². The van der Waals surface area contributed by atoms with Crippen molar-refractivity contribution in [2.45, 2.75) is 58.0 Å². The molecule has 1 aromatic rings. The first-order chi connectivity index (χ1) is 10.1. The molecule has 1 aliphatic carbocycles. The second-order valence-electron chi connectivity index (χ2n) is 5.90. The monoisotopic (exact) mass is 308 g/mol. The minimum absolute atomic E-state index is 0.0184. The molecule has 1 aromatic heterocycles. The van der Waals surface area contributed by atoms with E-state index in [2.05, 4.69) is 10.6 Å². The highest BCUT2D eigenvalue weighted by molar-refractivity contribution is 7.10. The van der Waals surface area contributed by atoms with E-state index in [0.29, 0.717) is 6.42 Å². The maximum Gasteiger partial charge on any atom is 0.223 e. The molecular formula is C16H24N2O2S. The zero-order chi connectivity index (χ0) is 15.2. The quantitative estimate of drug-likeness (QED) is 0.848. The van der Waals surface area contributed by atoms with Crippen LogP contribution in [-0.4, -0.2) is 17.9 Å². The van der Waals surface area contributed by atoms with Crippen molar-refractivity contribution in [3.8, 4) is 0 Å². The van der Waals surface area contributed by atoms with E-state index in [0.717, 1.165) is 30.6 Å². The summed E-state index contributed by atoms with van der Waals surface area (Å²) in [5, 5.41) is 7.94. The van der Waals surface area contributed by atoms with Crippen molar-refractivity contribution in [3.05, 3.63) is 22.4 Å². The Morgan fingerprint density at radius 1 is 1.29 bits per heavy atom. The molecule has 2 atom stereocenters. The van der Waals surface area contributed by atoms with E-state index < -0.39 is 0 Å². The average Bonchev–Trinajstić information content (AvgIpc) is 3.12. The molecule has 1 fully saturated rings. The van der Waals surface area contributed by atoms with E-state index >= 15 is 0 Å². The van der Waals surface area contributed by atoms with Gasteiger partial charge in [0.05, 0.1) is 6.04 Å². The maximum absolute atomic E-state index is 12.0. The molecule has 2 N–H and O–H groups in total. The number of rotatable bonds is 6. The van der Waals surface area contributed by atoms with E-state index in [4.69, 9.17) is 0 Å². The summed E-state index contributed by atoms with van der Waals surface area (Å²) < 4.78 is 0. The lowest BCUT2D eigenvalue weighted by Crippen LogP contribution is -2.40. The minimum atomic E-state index is -0.117. The van der Waals surface area contributed by atoms with Crippen LogP contribution in [0.15, 0.2) is 17.5 Å². The van der Waals surface area contributed by atoms with Crippen LogP contribution in [0.4, 0.5) is 0 Å². The smallest absolute Gasteiger partial charge is 0.223 e. The Labute approximate surface area is 130 Å². The summed E-state index contributed by atoms with van der Waals surface area (Å²) in [5.41, 5.74) is 0. The van der Waals surface area contributed by atoms with Gasteiger partial charge in [-0.15, -0.1) is 11.3 Å². The van der Waals surface area contributed by atoms with Gasteiger partial charge in [-0.3, -0.25) is 9.59 Å². The summed E-state index contributed by atoms with van der Waals surface area (Å²) in [6.07, 6.45) is 4.59. The summed E-state index contributed by atoms with van der Waals surface area (Å²) in [6, 6.07) is 3.90. The van der Waals surface area contributed by atoms with Gasteiger partial charge in [0.15, 0.2) is 0 Å². The van der Waals surface area contributed by atoms with Crippen LogP contribution >= 0.6 is 11.3 Å². The molecule has 2 amide bonds. The Bertz CT molecular complexity index is 467. The van der Waals surface area contributed by atoms with Gasteiger partial charge >= 0.3 is 0 Å². The van der Waals surface area contributed by atoms with Gasteiger partial charge in [-0.05, 0) is 38.1 Å². The largest absolute Gasteiger partial charge is 0.353 e. The predicted octanol–water partition coefficient (Wildman–Crippen LogP) is 3.01. The molecule has 1 aliphatic rings. The number of hydrogen-bond acceptors (Lipinski definition) is 3. The van der Waals surface area contributed by atoms with Crippen LogP contribution in [0, 0.1) is 5.92 Å². The van der Waals surface area contributed by atoms with Crippen molar-refractivity contribution in [1.29, 1.82) is 0 Å². The Morgan fingerprint density at radius 2 is 2.00 bits per heavy atom. The van der Waals surface area contributed by atoms with Crippen LogP contribution in [0.1, 0.15) is 56.9 Å². The molecule has 0 aromatic carbocycles. The zero-order valence-corrected chi connectivity index (χ0v) is 13.5. The third kappa shape index (κ3) is 4.84. The molecule has 0 radical (unpaired) electrons. The van der Waals surface area contributed by atoms with Crippen LogP contribution in [0.3, 0.4) is 0 Å².